The molecule has 5 heteroatoms. The van der Waals surface area contributed by atoms with Crippen LogP contribution >= 0.6 is 0 Å². The molecule has 0 aromatic rings. The summed E-state index contributed by atoms with van der Waals surface area (Å²) in [5.41, 5.74) is 5.57. The van der Waals surface area contributed by atoms with Crippen LogP contribution in [-0.4, -0.2) is 56.2 Å². The first-order valence-electron chi connectivity index (χ1n) is 6.40. The smallest absolute Gasteiger partial charge is 0.234 e. The van der Waals surface area contributed by atoms with Gasteiger partial charge in [0.1, 0.15) is 0 Å². The van der Waals surface area contributed by atoms with Crippen molar-refractivity contribution in [3.05, 3.63) is 0 Å². The van der Waals surface area contributed by atoms with Gasteiger partial charge in [-0.3, -0.25) is 9.69 Å². The summed E-state index contributed by atoms with van der Waals surface area (Å²) in [6.07, 6.45) is 2.79. The molecule has 1 aliphatic heterocycles. The van der Waals surface area contributed by atoms with Crippen LogP contribution < -0.4 is 11.1 Å². The van der Waals surface area contributed by atoms with Crippen molar-refractivity contribution >= 4 is 5.91 Å². The Bertz CT molecular complexity index is 232. The van der Waals surface area contributed by atoms with Gasteiger partial charge in [-0.1, -0.05) is 6.92 Å². The molecule has 3 N–H and O–H groups in total. The number of likely N-dealkylation sites (tertiary alicyclic amines) is 1. The summed E-state index contributed by atoms with van der Waals surface area (Å²) in [4.78, 5) is 13.7. The zero-order valence-electron chi connectivity index (χ0n) is 11.0. The van der Waals surface area contributed by atoms with E-state index >= 15 is 0 Å². The second-order valence-corrected chi connectivity index (χ2v) is 4.72. The van der Waals surface area contributed by atoms with E-state index in [4.69, 9.17) is 10.5 Å². The van der Waals surface area contributed by atoms with Crippen molar-refractivity contribution in [3.8, 4) is 0 Å². The van der Waals surface area contributed by atoms with E-state index in [0.717, 1.165) is 38.9 Å². The van der Waals surface area contributed by atoms with Crippen LogP contribution in [0.4, 0.5) is 0 Å². The third-order valence-electron chi connectivity index (χ3n) is 3.51. The normalized spacial score (nSPS) is 20.2. The first kappa shape index (κ1) is 14.4. The zero-order chi connectivity index (χ0) is 12.7. The number of amides is 1. The molecule has 1 saturated heterocycles. The van der Waals surface area contributed by atoms with Crippen molar-refractivity contribution in [3.63, 3.8) is 0 Å². The first-order valence-corrected chi connectivity index (χ1v) is 6.40. The van der Waals surface area contributed by atoms with Gasteiger partial charge in [-0.05, 0) is 19.3 Å². The first-order chi connectivity index (χ1) is 8.15. The Labute approximate surface area is 104 Å². The predicted molar refractivity (Wildman–Crippen MR) is 67.8 cm³/mol. The van der Waals surface area contributed by atoms with E-state index in [-0.39, 0.29) is 11.5 Å². The number of carbonyl (C=O) groups excluding carboxylic acids is 1. The fourth-order valence-electron chi connectivity index (χ4n) is 2.13. The van der Waals surface area contributed by atoms with Crippen LogP contribution in [0.5, 0.6) is 0 Å². The zero-order valence-corrected chi connectivity index (χ0v) is 11.0. The molecule has 0 aliphatic carbocycles. The lowest BCUT2D eigenvalue weighted by Crippen LogP contribution is -2.51. The number of piperidine rings is 1. The van der Waals surface area contributed by atoms with Gasteiger partial charge in [0.2, 0.25) is 5.91 Å². The molecule has 0 bridgehead atoms. The van der Waals surface area contributed by atoms with E-state index in [1.807, 2.05) is 0 Å². The maximum absolute atomic E-state index is 11.6. The van der Waals surface area contributed by atoms with E-state index < -0.39 is 0 Å². The topological polar surface area (TPSA) is 67.6 Å². The van der Waals surface area contributed by atoms with Gasteiger partial charge < -0.3 is 15.8 Å². The standard InChI is InChI=1S/C12H25N3O2/c1-3-6-14-11(16)9-15-7-4-12(10-13,17-2)5-8-15/h3-10,13H2,1-2H3,(H,14,16). The Morgan fingerprint density at radius 3 is 2.59 bits per heavy atom. The third kappa shape index (κ3) is 4.26. The van der Waals surface area contributed by atoms with Crippen LogP contribution in [0.15, 0.2) is 0 Å². The van der Waals surface area contributed by atoms with Crippen molar-refractivity contribution in [2.45, 2.75) is 31.8 Å². The maximum atomic E-state index is 11.6. The summed E-state index contributed by atoms with van der Waals surface area (Å²) in [5.74, 6) is 0.115. The van der Waals surface area contributed by atoms with Crippen molar-refractivity contribution < 1.29 is 9.53 Å². The molecule has 0 unspecified atom stereocenters. The van der Waals surface area contributed by atoms with Gasteiger partial charge in [0.05, 0.1) is 12.1 Å². The lowest BCUT2D eigenvalue weighted by Gasteiger charge is -2.39. The minimum Gasteiger partial charge on any atom is -0.377 e. The quantitative estimate of drug-likeness (QED) is 0.686. The summed E-state index contributed by atoms with van der Waals surface area (Å²) < 4.78 is 5.49. The van der Waals surface area contributed by atoms with E-state index in [0.29, 0.717) is 13.1 Å². The summed E-state index contributed by atoms with van der Waals surface area (Å²) in [5, 5.41) is 2.89. The fourth-order valence-corrected chi connectivity index (χ4v) is 2.13. The van der Waals surface area contributed by atoms with E-state index in [1.54, 1.807) is 7.11 Å². The molecule has 1 fully saturated rings. The minimum absolute atomic E-state index is 0.115. The van der Waals surface area contributed by atoms with Gasteiger partial charge in [0.25, 0.3) is 0 Å². The number of carbonyl (C=O) groups is 1. The summed E-state index contributed by atoms with van der Waals surface area (Å²) >= 11 is 0. The average Bonchev–Trinajstić information content (AvgIpc) is 2.38. The predicted octanol–water partition coefficient (Wildman–Crippen LogP) is -0.0477. The Hall–Kier alpha value is -0.650. The van der Waals surface area contributed by atoms with Crippen LogP contribution in [0.3, 0.4) is 0 Å². The number of hydrogen-bond acceptors (Lipinski definition) is 4. The molecule has 100 valence electrons. The molecule has 1 heterocycles. The second kappa shape index (κ2) is 6.93. The highest BCUT2D eigenvalue weighted by atomic mass is 16.5. The molecular weight excluding hydrogens is 218 g/mol. The van der Waals surface area contributed by atoms with Crippen molar-refractivity contribution in [1.82, 2.24) is 10.2 Å². The highest BCUT2D eigenvalue weighted by Crippen LogP contribution is 2.24. The largest absolute Gasteiger partial charge is 0.377 e. The molecule has 0 atom stereocenters. The summed E-state index contributed by atoms with van der Waals surface area (Å²) in [7, 11) is 1.72. The highest BCUT2D eigenvalue weighted by molar-refractivity contribution is 5.77. The van der Waals surface area contributed by atoms with Gasteiger partial charge in [0.15, 0.2) is 0 Å². The number of hydrogen-bond donors (Lipinski definition) is 2. The molecule has 0 aromatic carbocycles. The maximum Gasteiger partial charge on any atom is 0.234 e. The molecule has 1 rings (SSSR count). The lowest BCUT2D eigenvalue weighted by molar-refractivity contribution is -0.123. The van der Waals surface area contributed by atoms with Crippen LogP contribution in [0.2, 0.25) is 0 Å². The van der Waals surface area contributed by atoms with Gasteiger partial charge in [0, 0.05) is 33.3 Å². The molecule has 0 spiro atoms. The number of ether oxygens (including phenoxy) is 1. The van der Waals surface area contributed by atoms with Gasteiger partial charge >= 0.3 is 0 Å². The number of rotatable bonds is 6. The molecule has 5 nitrogen and oxygen atoms in total. The number of nitrogens with one attached hydrogen (secondary N) is 1. The third-order valence-corrected chi connectivity index (χ3v) is 3.51. The molecule has 0 aromatic heterocycles. The van der Waals surface area contributed by atoms with Crippen molar-refractivity contribution in [2.24, 2.45) is 5.73 Å². The van der Waals surface area contributed by atoms with E-state index in [9.17, 15) is 4.79 Å². The monoisotopic (exact) mass is 243 g/mol. The molecular formula is C12H25N3O2. The molecule has 0 radical (unpaired) electrons. The molecule has 1 amide bonds. The molecule has 1 aliphatic rings. The van der Waals surface area contributed by atoms with Crippen LogP contribution in [0.25, 0.3) is 0 Å². The lowest BCUT2D eigenvalue weighted by atomic mass is 9.91. The molecule has 17 heavy (non-hydrogen) atoms. The number of nitrogens with zero attached hydrogens (tertiary/aromatic N) is 1. The second-order valence-electron chi connectivity index (χ2n) is 4.72. The Balaban J connectivity index is 2.29. The summed E-state index contributed by atoms with van der Waals surface area (Å²) in [6.45, 7) is 5.62. The Morgan fingerprint density at radius 1 is 1.47 bits per heavy atom. The summed E-state index contributed by atoms with van der Waals surface area (Å²) in [6, 6.07) is 0. The fraction of sp³-hybridized carbons (Fsp3) is 0.917. The number of methoxy groups -OCH3 is 1. The highest BCUT2D eigenvalue weighted by Gasteiger charge is 2.33. The van der Waals surface area contributed by atoms with Crippen LogP contribution in [0, 0.1) is 0 Å². The van der Waals surface area contributed by atoms with Crippen molar-refractivity contribution in [1.29, 1.82) is 0 Å². The minimum atomic E-state index is -0.170. The number of nitrogens with two attached hydrogens (primary N) is 1. The van der Waals surface area contributed by atoms with Gasteiger partial charge in [-0.15, -0.1) is 0 Å². The van der Waals surface area contributed by atoms with Crippen LogP contribution in [-0.2, 0) is 9.53 Å². The van der Waals surface area contributed by atoms with Gasteiger partial charge in [-0.2, -0.15) is 0 Å². The Morgan fingerprint density at radius 2 is 2.12 bits per heavy atom. The van der Waals surface area contributed by atoms with E-state index in [1.165, 1.54) is 0 Å². The average molecular weight is 243 g/mol. The van der Waals surface area contributed by atoms with Crippen molar-refractivity contribution in [2.75, 3.05) is 39.8 Å². The molecule has 0 saturated carbocycles. The SMILES string of the molecule is CCCNC(=O)CN1CCC(CN)(OC)CC1. The van der Waals surface area contributed by atoms with Crippen LogP contribution in [0.1, 0.15) is 26.2 Å². The Kier molecular flexibility index (Phi) is 5.88. The van der Waals surface area contributed by atoms with E-state index in [2.05, 4.69) is 17.1 Å². The van der Waals surface area contributed by atoms with Gasteiger partial charge in [-0.25, -0.2) is 0 Å².